The molecule has 0 radical (unpaired) electrons. The summed E-state index contributed by atoms with van der Waals surface area (Å²) in [6.07, 6.45) is -3.17. The molecule has 1 aliphatic heterocycles. The number of ether oxygens (including phenoxy) is 6. The summed E-state index contributed by atoms with van der Waals surface area (Å²) >= 11 is 0. The number of carbonyl (C=O) groups is 4. The minimum atomic E-state index is -4.64. The fraction of sp³-hybridized carbons (Fsp3) is 0.656. The minimum Gasteiger partial charge on any atom is -0.461 e. The third-order valence-electron chi connectivity index (χ3n) is 8.05. The van der Waals surface area contributed by atoms with Crippen LogP contribution in [-0.2, 0) is 62.0 Å². The minimum absolute atomic E-state index is 0.0377. The second-order valence-electron chi connectivity index (χ2n) is 13.2. The molecule has 20 heteroatoms. The second kappa shape index (κ2) is 17.0. The molecule has 0 spiro atoms. The van der Waals surface area contributed by atoms with E-state index in [4.69, 9.17) is 43.2 Å². The van der Waals surface area contributed by atoms with Crippen molar-refractivity contribution in [2.75, 3.05) is 19.1 Å². The number of nitriles is 1. The van der Waals surface area contributed by atoms with E-state index in [1.807, 2.05) is 0 Å². The van der Waals surface area contributed by atoms with Gasteiger partial charge in [0.1, 0.15) is 36.2 Å². The maximum Gasteiger partial charge on any atom is 0.510 e. The predicted octanol–water partition coefficient (Wildman–Crippen LogP) is 3.30. The maximum absolute atomic E-state index is 14.2. The molecule has 4 rings (SSSR count). The fourth-order valence-corrected chi connectivity index (χ4v) is 6.37. The Morgan fingerprint density at radius 2 is 1.71 bits per heavy atom. The molecule has 3 heterocycles. The highest BCUT2D eigenvalue weighted by Gasteiger charge is 2.63. The zero-order chi connectivity index (χ0) is 38.4. The van der Waals surface area contributed by atoms with Gasteiger partial charge in [-0.2, -0.15) is 10.4 Å². The van der Waals surface area contributed by atoms with Crippen molar-refractivity contribution in [2.24, 2.45) is 11.8 Å². The number of rotatable bonds is 16. The smallest absolute Gasteiger partial charge is 0.461 e. The van der Waals surface area contributed by atoms with Gasteiger partial charge in [0.2, 0.25) is 12.4 Å². The number of hydrogen-bond donors (Lipinski definition) is 2. The van der Waals surface area contributed by atoms with Crippen LogP contribution < -0.4 is 10.8 Å². The van der Waals surface area contributed by atoms with Gasteiger partial charge in [-0.15, -0.1) is 0 Å². The lowest BCUT2D eigenvalue weighted by Crippen LogP contribution is -2.47. The van der Waals surface area contributed by atoms with Crippen molar-refractivity contribution in [2.45, 2.75) is 110 Å². The van der Waals surface area contributed by atoms with E-state index < -0.39 is 93.1 Å². The van der Waals surface area contributed by atoms with Crippen molar-refractivity contribution < 1.29 is 61.2 Å². The molecule has 19 nitrogen and oxygen atoms in total. The highest BCUT2D eigenvalue weighted by molar-refractivity contribution is 7.51. The zero-order valence-corrected chi connectivity index (χ0v) is 30.9. The van der Waals surface area contributed by atoms with Gasteiger partial charge in [0.25, 0.3) is 0 Å². The van der Waals surface area contributed by atoms with E-state index in [1.54, 1.807) is 41.5 Å². The summed E-state index contributed by atoms with van der Waals surface area (Å²) in [4.78, 5) is 55.0. The lowest BCUT2D eigenvalue weighted by atomic mass is 9.92. The zero-order valence-electron chi connectivity index (χ0n) is 30.0. The molecule has 1 saturated carbocycles. The molecular formula is C32H45N6O13P. The maximum atomic E-state index is 14.2. The Balaban J connectivity index is 1.71. The SMILES string of the molecule is CC(C)OC(=O)OCO[P@@](=O)(N[C@@H](C)C(=O)OC1CCC1)OC[C@H]1O[C@@](C#N)(c2ccc3c(N)ncnn23)[C@H](OC(=O)C(C)C)[C@@H]1OC(=O)C(C)C. The topological polar surface area (TPSA) is 251 Å². The molecule has 1 aliphatic carbocycles. The molecule has 0 unspecified atom stereocenters. The van der Waals surface area contributed by atoms with Crippen molar-refractivity contribution in [1.29, 1.82) is 5.26 Å². The van der Waals surface area contributed by atoms with Crippen LogP contribution in [0.2, 0.25) is 0 Å². The molecule has 2 aromatic rings. The van der Waals surface area contributed by atoms with Crippen LogP contribution in [0, 0.1) is 23.2 Å². The number of esters is 3. The Kier molecular flexibility index (Phi) is 13.2. The van der Waals surface area contributed by atoms with E-state index >= 15 is 0 Å². The number of carbonyl (C=O) groups excluding carboxylic acids is 4. The van der Waals surface area contributed by atoms with Crippen molar-refractivity contribution >= 4 is 43.1 Å². The summed E-state index contributed by atoms with van der Waals surface area (Å²) in [6, 6.07) is 3.80. The van der Waals surface area contributed by atoms with Crippen LogP contribution in [0.4, 0.5) is 10.6 Å². The number of fused-ring (bicyclic) bond motifs is 1. The second-order valence-corrected chi connectivity index (χ2v) is 14.9. The van der Waals surface area contributed by atoms with Gasteiger partial charge in [-0.05, 0) is 52.2 Å². The largest absolute Gasteiger partial charge is 0.510 e. The van der Waals surface area contributed by atoms with E-state index in [1.165, 1.54) is 23.6 Å². The molecule has 2 aromatic heterocycles. The summed E-state index contributed by atoms with van der Waals surface area (Å²) in [7, 11) is -4.64. The first kappa shape index (κ1) is 40.4. The summed E-state index contributed by atoms with van der Waals surface area (Å²) in [5, 5.41) is 17.5. The van der Waals surface area contributed by atoms with Gasteiger partial charge in [0.05, 0.1) is 30.2 Å². The van der Waals surface area contributed by atoms with Gasteiger partial charge in [-0.3, -0.25) is 23.4 Å². The lowest BCUT2D eigenvalue weighted by Gasteiger charge is -2.29. The predicted molar refractivity (Wildman–Crippen MR) is 178 cm³/mol. The first-order valence-electron chi connectivity index (χ1n) is 16.8. The van der Waals surface area contributed by atoms with Gasteiger partial charge >= 0.3 is 31.8 Å². The third kappa shape index (κ3) is 9.36. The lowest BCUT2D eigenvalue weighted by molar-refractivity contribution is -0.173. The average molecular weight is 753 g/mol. The van der Waals surface area contributed by atoms with Gasteiger partial charge < -0.3 is 34.2 Å². The molecule has 52 heavy (non-hydrogen) atoms. The summed E-state index contributed by atoms with van der Waals surface area (Å²) in [5.41, 5.74) is 4.16. The van der Waals surface area contributed by atoms with Crippen molar-refractivity contribution in [3.63, 3.8) is 0 Å². The molecular weight excluding hydrogens is 707 g/mol. The van der Waals surface area contributed by atoms with E-state index in [9.17, 15) is 29.0 Å². The molecule has 2 aliphatic rings. The first-order chi connectivity index (χ1) is 24.5. The van der Waals surface area contributed by atoms with Crippen LogP contribution in [0.25, 0.3) is 5.52 Å². The Labute approximate surface area is 300 Å². The number of nitrogens with two attached hydrogens (primary N) is 1. The van der Waals surface area contributed by atoms with Crippen LogP contribution in [-0.4, -0.2) is 88.6 Å². The Morgan fingerprint density at radius 3 is 2.31 bits per heavy atom. The highest BCUT2D eigenvalue weighted by atomic mass is 31.2. The van der Waals surface area contributed by atoms with Gasteiger partial charge in [-0.25, -0.2) is 23.9 Å². The van der Waals surface area contributed by atoms with E-state index in [0.717, 1.165) is 12.7 Å². The fourth-order valence-electron chi connectivity index (χ4n) is 5.03. The molecule has 0 bridgehead atoms. The molecule has 1 saturated heterocycles. The highest BCUT2D eigenvalue weighted by Crippen LogP contribution is 2.48. The van der Waals surface area contributed by atoms with Gasteiger partial charge in [0.15, 0.2) is 18.0 Å². The standard InChI is InChI=1S/C32H45N6O13P/c1-17(2)28(39)49-25-23(13-45-52(43,46-16-44-31(42)47-19(5)6)37-20(7)30(41)48-21-9-8-10-21)51-32(14-33,26(25)50-29(40)18(3)4)24-12-11-22-27(34)35-15-36-38(22)24/h11-12,15,17-21,23,25-26H,8-10,13,16H2,1-7H3,(H,37,43)(H2,34,35,36)/t20-,23+,25+,26+,32-,52+/m0/s1. The van der Waals surface area contributed by atoms with E-state index in [0.29, 0.717) is 18.4 Å². The van der Waals surface area contributed by atoms with Crippen LogP contribution in [0.3, 0.4) is 0 Å². The normalized spacial score (nSPS) is 23.4. The average Bonchev–Trinajstić information content (AvgIpc) is 3.62. The van der Waals surface area contributed by atoms with Crippen molar-refractivity contribution in [1.82, 2.24) is 19.7 Å². The number of hydrogen-bond acceptors (Lipinski definition) is 17. The van der Waals surface area contributed by atoms with Crippen LogP contribution in [0.1, 0.15) is 73.4 Å². The third-order valence-corrected chi connectivity index (χ3v) is 9.69. The summed E-state index contributed by atoms with van der Waals surface area (Å²) in [6.45, 7) is 9.11. The number of nitrogens with one attached hydrogen (secondary N) is 1. The molecule has 0 amide bonds. The first-order valence-corrected chi connectivity index (χ1v) is 18.3. The van der Waals surface area contributed by atoms with Crippen LogP contribution in [0.5, 0.6) is 0 Å². The van der Waals surface area contributed by atoms with Gasteiger partial charge in [0, 0.05) is 0 Å². The molecule has 3 N–H and O–H groups in total. The van der Waals surface area contributed by atoms with Crippen LogP contribution >= 0.6 is 7.75 Å². The summed E-state index contributed by atoms with van der Waals surface area (Å²) in [5.74, 6) is -3.54. The number of anilines is 1. The molecule has 6 atom stereocenters. The Bertz CT molecular complexity index is 1710. The Hall–Kier alpha value is -4.34. The Morgan fingerprint density at radius 1 is 1.04 bits per heavy atom. The number of aromatic nitrogens is 3. The van der Waals surface area contributed by atoms with E-state index in [-0.39, 0.29) is 17.6 Å². The quantitative estimate of drug-likeness (QED) is 0.108. The molecule has 286 valence electrons. The number of nitrogen functional groups attached to an aromatic ring is 1. The monoisotopic (exact) mass is 752 g/mol. The van der Waals surface area contributed by atoms with Crippen LogP contribution in [0.15, 0.2) is 18.5 Å². The molecule has 2 fully saturated rings. The van der Waals surface area contributed by atoms with Gasteiger partial charge in [-0.1, -0.05) is 27.7 Å². The van der Waals surface area contributed by atoms with Crippen molar-refractivity contribution in [3.05, 3.63) is 24.2 Å². The number of nitrogens with zero attached hydrogens (tertiary/aromatic N) is 4. The van der Waals surface area contributed by atoms with Crippen molar-refractivity contribution in [3.8, 4) is 6.07 Å². The molecule has 0 aromatic carbocycles. The summed E-state index contributed by atoms with van der Waals surface area (Å²) < 4.78 is 59.7. The van der Waals surface area contributed by atoms with E-state index in [2.05, 4.69) is 21.2 Å².